The van der Waals surface area contributed by atoms with Crippen molar-refractivity contribution in [2.75, 3.05) is 19.7 Å². The van der Waals surface area contributed by atoms with Crippen LogP contribution in [-0.4, -0.2) is 40.6 Å². The van der Waals surface area contributed by atoms with Crippen molar-refractivity contribution in [3.63, 3.8) is 0 Å². The molecule has 158 valence electrons. The van der Waals surface area contributed by atoms with Gasteiger partial charge < -0.3 is 19.9 Å². The van der Waals surface area contributed by atoms with E-state index in [1.54, 1.807) is 0 Å². The normalized spacial score (nSPS) is 20.9. The van der Waals surface area contributed by atoms with Crippen LogP contribution in [0.2, 0.25) is 0 Å². The number of nitrogens with two attached hydrogens (primary N) is 1. The second-order valence-electron chi connectivity index (χ2n) is 7.91. The first kappa shape index (κ1) is 21.6. The molecule has 0 bridgehead atoms. The molecule has 1 aliphatic heterocycles. The van der Waals surface area contributed by atoms with Crippen LogP contribution in [0.4, 0.5) is 0 Å². The van der Waals surface area contributed by atoms with Gasteiger partial charge in [-0.15, -0.1) is 12.4 Å². The molecule has 2 aliphatic rings. The van der Waals surface area contributed by atoms with E-state index < -0.39 is 5.54 Å². The van der Waals surface area contributed by atoms with Crippen molar-refractivity contribution in [2.24, 2.45) is 5.73 Å². The largest absolute Gasteiger partial charge is 0.493 e. The molecule has 1 saturated heterocycles. The van der Waals surface area contributed by atoms with E-state index in [0.717, 1.165) is 50.8 Å². The Kier molecular flexibility index (Phi) is 7.14. The second kappa shape index (κ2) is 9.59. The number of likely N-dealkylation sites (tertiary alicyclic amines) is 1. The molecule has 0 spiro atoms. The highest BCUT2D eigenvalue weighted by atomic mass is 35.5. The molecule has 1 amide bonds. The summed E-state index contributed by atoms with van der Waals surface area (Å²) in [7, 11) is 0. The average Bonchev–Trinajstić information content (AvgIpc) is 3.39. The van der Waals surface area contributed by atoms with Crippen LogP contribution in [0, 0.1) is 0 Å². The molecular weight excluding hydrogens is 392 g/mol. The van der Waals surface area contributed by atoms with E-state index in [-0.39, 0.29) is 24.2 Å². The van der Waals surface area contributed by atoms with Crippen molar-refractivity contribution >= 4 is 18.3 Å². The summed E-state index contributed by atoms with van der Waals surface area (Å²) in [5, 5.41) is 4.16. The number of aromatic nitrogens is 2. The van der Waals surface area contributed by atoms with Gasteiger partial charge in [-0.1, -0.05) is 36.2 Å². The van der Waals surface area contributed by atoms with Crippen LogP contribution in [0.1, 0.15) is 62.6 Å². The van der Waals surface area contributed by atoms with Gasteiger partial charge in [-0.2, -0.15) is 4.98 Å². The smallest absolute Gasteiger partial charge is 0.231 e. The van der Waals surface area contributed by atoms with Gasteiger partial charge in [0.05, 0.1) is 24.5 Å². The summed E-state index contributed by atoms with van der Waals surface area (Å²) in [6.45, 7) is 1.76. The second-order valence-corrected chi connectivity index (χ2v) is 7.91. The molecule has 4 rings (SSSR count). The first-order valence-electron chi connectivity index (χ1n) is 10.2. The number of ether oxygens (including phenoxy) is 1. The number of para-hydroxylation sites is 1. The molecule has 1 aliphatic carbocycles. The summed E-state index contributed by atoms with van der Waals surface area (Å²) in [6, 6.07) is 9.56. The van der Waals surface area contributed by atoms with E-state index >= 15 is 0 Å². The number of rotatable bonds is 6. The molecule has 7 nitrogen and oxygen atoms in total. The monoisotopic (exact) mass is 420 g/mol. The Morgan fingerprint density at radius 2 is 2.00 bits per heavy atom. The third-order valence-corrected chi connectivity index (χ3v) is 5.83. The number of carbonyl (C=O) groups excluding carboxylic acids is 1. The summed E-state index contributed by atoms with van der Waals surface area (Å²) in [5.74, 6) is 2.21. The van der Waals surface area contributed by atoms with Gasteiger partial charge >= 0.3 is 0 Å². The van der Waals surface area contributed by atoms with Crippen molar-refractivity contribution in [3.8, 4) is 5.75 Å². The Morgan fingerprint density at radius 3 is 2.76 bits per heavy atom. The predicted molar refractivity (Wildman–Crippen MR) is 111 cm³/mol. The highest BCUT2D eigenvalue weighted by Crippen LogP contribution is 2.36. The molecule has 8 heteroatoms. The number of halogens is 1. The van der Waals surface area contributed by atoms with Crippen molar-refractivity contribution < 1.29 is 14.1 Å². The zero-order valence-corrected chi connectivity index (χ0v) is 17.4. The third kappa shape index (κ3) is 5.08. The minimum Gasteiger partial charge on any atom is -0.493 e. The van der Waals surface area contributed by atoms with Gasteiger partial charge in [0.1, 0.15) is 5.75 Å². The van der Waals surface area contributed by atoms with E-state index in [0.29, 0.717) is 31.3 Å². The molecule has 1 saturated carbocycles. The van der Waals surface area contributed by atoms with Crippen LogP contribution in [0.25, 0.3) is 0 Å². The summed E-state index contributed by atoms with van der Waals surface area (Å²) < 4.78 is 11.2. The molecule has 1 aromatic carbocycles. The van der Waals surface area contributed by atoms with Crippen LogP contribution in [0.5, 0.6) is 5.75 Å². The van der Waals surface area contributed by atoms with Crippen molar-refractivity contribution in [3.05, 3.63) is 42.0 Å². The molecule has 1 atom stereocenters. The van der Waals surface area contributed by atoms with E-state index in [1.165, 1.54) is 0 Å². The van der Waals surface area contributed by atoms with Crippen molar-refractivity contribution in [2.45, 2.75) is 56.4 Å². The quantitative estimate of drug-likeness (QED) is 0.769. The highest BCUT2D eigenvalue weighted by molar-refractivity contribution is 5.85. The van der Waals surface area contributed by atoms with E-state index in [4.69, 9.17) is 15.0 Å². The Hall–Kier alpha value is -2.12. The van der Waals surface area contributed by atoms with Gasteiger partial charge in [-0.3, -0.25) is 4.79 Å². The lowest BCUT2D eigenvalue weighted by molar-refractivity contribution is -0.133. The topological polar surface area (TPSA) is 94.5 Å². The molecule has 1 aromatic heterocycles. The first-order valence-corrected chi connectivity index (χ1v) is 10.2. The maximum Gasteiger partial charge on any atom is 0.231 e. The lowest BCUT2D eigenvalue weighted by atomic mass is 9.96. The fourth-order valence-electron chi connectivity index (χ4n) is 4.17. The molecule has 29 heavy (non-hydrogen) atoms. The number of nitrogens with zero attached hydrogens (tertiary/aromatic N) is 3. The minimum absolute atomic E-state index is 0. The van der Waals surface area contributed by atoms with Gasteiger partial charge in [0, 0.05) is 13.1 Å². The molecule has 2 heterocycles. The zero-order chi connectivity index (χ0) is 19.4. The van der Waals surface area contributed by atoms with Crippen LogP contribution >= 0.6 is 12.4 Å². The van der Waals surface area contributed by atoms with Crippen LogP contribution < -0.4 is 10.5 Å². The van der Waals surface area contributed by atoms with Gasteiger partial charge in [0.25, 0.3) is 0 Å². The fraction of sp³-hybridized carbons (Fsp3) is 0.571. The first-order chi connectivity index (χ1) is 13.6. The Labute approximate surface area is 177 Å². The number of carbonyl (C=O) groups is 1. The van der Waals surface area contributed by atoms with Gasteiger partial charge in [0.15, 0.2) is 5.82 Å². The van der Waals surface area contributed by atoms with Gasteiger partial charge in [-0.25, -0.2) is 0 Å². The summed E-state index contributed by atoms with van der Waals surface area (Å²) in [5.41, 5.74) is 5.99. The SMILES string of the molecule is Cl.NC1(c2noc(C3CCCN(C(=O)CCOc4ccccc4)C3)n2)CCCC1. The summed E-state index contributed by atoms with van der Waals surface area (Å²) in [6.07, 6.45) is 6.27. The van der Waals surface area contributed by atoms with E-state index in [9.17, 15) is 4.79 Å². The van der Waals surface area contributed by atoms with Crippen LogP contribution in [0.15, 0.2) is 34.9 Å². The number of amides is 1. The highest BCUT2D eigenvalue weighted by Gasteiger charge is 2.37. The maximum absolute atomic E-state index is 12.6. The Morgan fingerprint density at radius 1 is 1.24 bits per heavy atom. The lowest BCUT2D eigenvalue weighted by Crippen LogP contribution is -2.39. The van der Waals surface area contributed by atoms with Crippen LogP contribution in [-0.2, 0) is 10.3 Å². The number of hydrogen-bond acceptors (Lipinski definition) is 6. The summed E-state index contributed by atoms with van der Waals surface area (Å²) in [4.78, 5) is 19.1. The fourth-order valence-corrected chi connectivity index (χ4v) is 4.17. The lowest BCUT2D eigenvalue weighted by Gasteiger charge is -2.31. The molecule has 0 radical (unpaired) electrons. The Bertz CT molecular complexity index is 792. The van der Waals surface area contributed by atoms with Crippen molar-refractivity contribution in [1.29, 1.82) is 0 Å². The standard InChI is InChI=1S/C21H28N4O3.ClH/c22-21(11-4-5-12-21)20-23-19(28-24-20)16-7-6-13-25(15-16)18(26)10-14-27-17-8-2-1-3-9-17;/h1-3,8-9,16H,4-7,10-15,22H2;1H. The Balaban J connectivity index is 0.00000240. The van der Waals surface area contributed by atoms with Gasteiger partial charge in [-0.05, 0) is 37.8 Å². The molecular formula is C21H29ClN4O3. The van der Waals surface area contributed by atoms with Gasteiger partial charge in [0.2, 0.25) is 11.8 Å². The molecule has 1 unspecified atom stereocenters. The zero-order valence-electron chi connectivity index (χ0n) is 16.6. The van der Waals surface area contributed by atoms with E-state index in [1.807, 2.05) is 35.2 Å². The predicted octanol–water partition coefficient (Wildman–Crippen LogP) is 3.39. The number of benzene rings is 1. The molecule has 2 aromatic rings. The molecule has 2 fully saturated rings. The minimum atomic E-state index is -0.444. The third-order valence-electron chi connectivity index (χ3n) is 5.83. The van der Waals surface area contributed by atoms with E-state index in [2.05, 4.69) is 10.1 Å². The summed E-state index contributed by atoms with van der Waals surface area (Å²) >= 11 is 0. The molecule has 2 N–H and O–H groups in total. The average molecular weight is 421 g/mol. The number of hydrogen-bond donors (Lipinski definition) is 1. The van der Waals surface area contributed by atoms with Crippen LogP contribution in [0.3, 0.4) is 0 Å². The van der Waals surface area contributed by atoms with Crippen molar-refractivity contribution in [1.82, 2.24) is 15.0 Å². The number of piperidine rings is 1. The maximum atomic E-state index is 12.6.